The summed E-state index contributed by atoms with van der Waals surface area (Å²) in [6.07, 6.45) is 1.29. The zero-order valence-corrected chi connectivity index (χ0v) is 20.5. The third kappa shape index (κ3) is 6.89. The van der Waals surface area contributed by atoms with Gasteiger partial charge in [0.2, 0.25) is 5.91 Å². The maximum atomic E-state index is 12.8. The molecule has 0 aromatic heterocycles. The second-order valence-corrected chi connectivity index (χ2v) is 8.37. The van der Waals surface area contributed by atoms with Gasteiger partial charge in [-0.25, -0.2) is 0 Å². The van der Waals surface area contributed by atoms with Crippen LogP contribution in [0.15, 0.2) is 60.7 Å². The van der Waals surface area contributed by atoms with E-state index in [0.29, 0.717) is 52.2 Å². The standard InChI is InChI=1S/C26H26Cl2N2O4/c1-33-23-11-7-17(15-24(23)34-2)13-14-29-26(32)20-5-3-4-6-22(20)30-25(31)12-9-18-8-10-19(27)16-21(18)28/h3-8,10-11,15-16H,9,12-14H2,1-2H3,(H,29,32)(H,30,31). The van der Waals surface area contributed by atoms with Crippen molar-refractivity contribution in [2.75, 3.05) is 26.1 Å². The number of ether oxygens (including phenoxy) is 2. The number of benzene rings is 3. The van der Waals surface area contributed by atoms with Gasteiger partial charge in [-0.15, -0.1) is 0 Å². The number of carbonyl (C=O) groups is 2. The number of anilines is 1. The molecule has 0 unspecified atom stereocenters. The average molecular weight is 501 g/mol. The molecule has 0 spiro atoms. The number of methoxy groups -OCH3 is 2. The number of halogens is 2. The summed E-state index contributed by atoms with van der Waals surface area (Å²) >= 11 is 12.1. The van der Waals surface area contributed by atoms with Gasteiger partial charge in [0, 0.05) is 23.0 Å². The molecule has 2 N–H and O–H groups in total. The molecule has 0 aliphatic heterocycles. The molecule has 178 valence electrons. The number of amides is 2. The molecule has 0 radical (unpaired) electrons. The first-order valence-electron chi connectivity index (χ1n) is 10.7. The molecule has 0 atom stereocenters. The lowest BCUT2D eigenvalue weighted by Gasteiger charge is -2.13. The summed E-state index contributed by atoms with van der Waals surface area (Å²) in [4.78, 5) is 25.3. The van der Waals surface area contributed by atoms with Crippen LogP contribution in [0.25, 0.3) is 0 Å². The van der Waals surface area contributed by atoms with Crippen molar-refractivity contribution in [2.45, 2.75) is 19.3 Å². The van der Waals surface area contributed by atoms with Crippen LogP contribution in [0.2, 0.25) is 10.0 Å². The molecule has 0 bridgehead atoms. The Kier molecular flexibility index (Phi) is 9.19. The van der Waals surface area contributed by atoms with Crippen molar-refractivity contribution in [3.05, 3.63) is 87.4 Å². The quantitative estimate of drug-likeness (QED) is 0.382. The van der Waals surface area contributed by atoms with Crippen LogP contribution in [0.3, 0.4) is 0 Å². The largest absolute Gasteiger partial charge is 0.493 e. The SMILES string of the molecule is COc1ccc(CCNC(=O)c2ccccc2NC(=O)CCc2ccc(Cl)cc2Cl)cc1OC. The Balaban J connectivity index is 1.56. The fourth-order valence-corrected chi connectivity index (χ4v) is 3.93. The normalized spacial score (nSPS) is 10.5. The fraction of sp³-hybridized carbons (Fsp3) is 0.231. The molecular weight excluding hydrogens is 475 g/mol. The summed E-state index contributed by atoms with van der Waals surface area (Å²) in [7, 11) is 3.17. The number of hydrogen-bond acceptors (Lipinski definition) is 4. The van der Waals surface area contributed by atoms with Crippen LogP contribution in [-0.4, -0.2) is 32.6 Å². The van der Waals surface area contributed by atoms with Crippen LogP contribution in [0.5, 0.6) is 11.5 Å². The lowest BCUT2D eigenvalue weighted by atomic mass is 10.1. The fourth-order valence-electron chi connectivity index (χ4n) is 3.43. The molecule has 3 rings (SSSR count). The van der Waals surface area contributed by atoms with E-state index in [1.165, 1.54) is 0 Å². The molecule has 3 aromatic rings. The van der Waals surface area contributed by atoms with E-state index in [1.54, 1.807) is 56.7 Å². The summed E-state index contributed by atoms with van der Waals surface area (Å²) in [5, 5.41) is 6.80. The van der Waals surface area contributed by atoms with E-state index >= 15 is 0 Å². The topological polar surface area (TPSA) is 76.7 Å². The molecule has 3 aromatic carbocycles. The molecule has 0 fully saturated rings. The van der Waals surface area contributed by atoms with Crippen molar-refractivity contribution in [2.24, 2.45) is 0 Å². The van der Waals surface area contributed by atoms with Gasteiger partial charge in [-0.05, 0) is 60.4 Å². The first-order valence-corrected chi connectivity index (χ1v) is 11.5. The van der Waals surface area contributed by atoms with Gasteiger partial charge in [-0.3, -0.25) is 9.59 Å². The second-order valence-electron chi connectivity index (χ2n) is 7.52. The predicted molar refractivity (Wildman–Crippen MR) is 135 cm³/mol. The van der Waals surface area contributed by atoms with Gasteiger partial charge in [-0.2, -0.15) is 0 Å². The first-order chi connectivity index (χ1) is 16.4. The van der Waals surface area contributed by atoms with Crippen molar-refractivity contribution in [1.29, 1.82) is 0 Å². The maximum absolute atomic E-state index is 12.8. The number of hydrogen-bond donors (Lipinski definition) is 2. The molecule has 8 heteroatoms. The Bertz CT molecular complexity index is 1170. The Morgan fingerprint density at radius 2 is 1.65 bits per heavy atom. The van der Waals surface area contributed by atoms with E-state index in [4.69, 9.17) is 32.7 Å². The summed E-state index contributed by atoms with van der Waals surface area (Å²) < 4.78 is 10.6. The number of para-hydroxylation sites is 1. The van der Waals surface area contributed by atoms with E-state index in [-0.39, 0.29) is 18.2 Å². The number of nitrogens with one attached hydrogen (secondary N) is 2. The van der Waals surface area contributed by atoms with E-state index < -0.39 is 0 Å². The van der Waals surface area contributed by atoms with E-state index in [9.17, 15) is 9.59 Å². The molecule has 2 amide bonds. The van der Waals surface area contributed by atoms with E-state index in [1.807, 2.05) is 18.2 Å². The van der Waals surface area contributed by atoms with Crippen LogP contribution >= 0.6 is 23.2 Å². The van der Waals surface area contributed by atoms with Crippen molar-refractivity contribution < 1.29 is 19.1 Å². The van der Waals surface area contributed by atoms with Crippen molar-refractivity contribution in [3.63, 3.8) is 0 Å². The maximum Gasteiger partial charge on any atom is 0.253 e. The van der Waals surface area contributed by atoms with Gasteiger partial charge >= 0.3 is 0 Å². The molecule has 34 heavy (non-hydrogen) atoms. The minimum absolute atomic E-state index is 0.211. The van der Waals surface area contributed by atoms with Crippen molar-refractivity contribution in [1.82, 2.24) is 5.32 Å². The van der Waals surface area contributed by atoms with E-state index in [0.717, 1.165) is 11.1 Å². The van der Waals surface area contributed by atoms with Crippen LogP contribution in [0, 0.1) is 0 Å². The molecular formula is C26H26Cl2N2O4. The third-order valence-electron chi connectivity index (χ3n) is 5.23. The van der Waals surface area contributed by atoms with Crippen molar-refractivity contribution >= 4 is 40.7 Å². The van der Waals surface area contributed by atoms with Crippen LogP contribution in [0.4, 0.5) is 5.69 Å². The van der Waals surface area contributed by atoms with Gasteiger partial charge in [0.05, 0.1) is 25.5 Å². The number of rotatable bonds is 10. The molecule has 0 heterocycles. The van der Waals surface area contributed by atoms with Gasteiger partial charge in [-0.1, -0.05) is 47.5 Å². The van der Waals surface area contributed by atoms with Gasteiger partial charge < -0.3 is 20.1 Å². The molecule has 0 saturated heterocycles. The molecule has 0 aliphatic rings. The predicted octanol–water partition coefficient (Wildman–Crippen LogP) is 5.55. The van der Waals surface area contributed by atoms with Gasteiger partial charge in [0.15, 0.2) is 11.5 Å². The second kappa shape index (κ2) is 12.3. The summed E-state index contributed by atoms with van der Waals surface area (Å²) in [5.41, 5.74) is 2.69. The molecule has 6 nitrogen and oxygen atoms in total. The van der Waals surface area contributed by atoms with Gasteiger partial charge in [0.25, 0.3) is 5.91 Å². The Morgan fingerprint density at radius 3 is 2.38 bits per heavy atom. The first kappa shape index (κ1) is 25.4. The lowest BCUT2D eigenvalue weighted by Crippen LogP contribution is -2.27. The summed E-state index contributed by atoms with van der Waals surface area (Å²) in [6, 6.07) is 17.7. The van der Waals surface area contributed by atoms with Gasteiger partial charge in [0.1, 0.15) is 0 Å². The summed E-state index contributed by atoms with van der Waals surface area (Å²) in [5.74, 6) is 0.811. The number of carbonyl (C=O) groups excluding carboxylic acids is 2. The monoisotopic (exact) mass is 500 g/mol. The zero-order valence-electron chi connectivity index (χ0n) is 19.0. The highest BCUT2D eigenvalue weighted by atomic mass is 35.5. The van der Waals surface area contributed by atoms with Crippen LogP contribution in [0.1, 0.15) is 27.9 Å². The Hall–Kier alpha value is -3.22. The smallest absolute Gasteiger partial charge is 0.253 e. The summed E-state index contributed by atoms with van der Waals surface area (Å²) in [6.45, 7) is 0.422. The Morgan fingerprint density at radius 1 is 0.882 bits per heavy atom. The minimum atomic E-state index is -0.267. The highest BCUT2D eigenvalue weighted by Gasteiger charge is 2.14. The highest BCUT2D eigenvalue weighted by Crippen LogP contribution is 2.27. The van der Waals surface area contributed by atoms with Crippen molar-refractivity contribution in [3.8, 4) is 11.5 Å². The zero-order chi connectivity index (χ0) is 24.5. The lowest BCUT2D eigenvalue weighted by molar-refractivity contribution is -0.116. The van der Waals surface area contributed by atoms with E-state index in [2.05, 4.69) is 10.6 Å². The number of aryl methyl sites for hydroxylation is 1. The third-order valence-corrected chi connectivity index (χ3v) is 5.82. The highest BCUT2D eigenvalue weighted by molar-refractivity contribution is 6.35. The molecule has 0 aliphatic carbocycles. The molecule has 0 saturated carbocycles. The van der Waals surface area contributed by atoms with Crippen LogP contribution < -0.4 is 20.1 Å². The average Bonchev–Trinajstić information content (AvgIpc) is 2.83. The van der Waals surface area contributed by atoms with Crippen LogP contribution in [-0.2, 0) is 17.6 Å². The minimum Gasteiger partial charge on any atom is -0.493 e. The Labute approximate surface area is 209 Å².